The van der Waals surface area contributed by atoms with Gasteiger partial charge in [-0.15, -0.1) is 0 Å². The topological polar surface area (TPSA) is 27.0 Å². The molecule has 12 heavy (non-hydrogen) atoms. The fraction of sp³-hybridized carbons (Fsp3) is 0.700. The lowest BCUT2D eigenvalue weighted by atomic mass is 10.3. The molecule has 0 atom stereocenters. The van der Waals surface area contributed by atoms with Gasteiger partial charge in [0.25, 0.3) is 0 Å². The van der Waals surface area contributed by atoms with Gasteiger partial charge in [-0.2, -0.15) is 5.26 Å². The fourth-order valence-electron chi connectivity index (χ4n) is 0.963. The van der Waals surface area contributed by atoms with Crippen molar-refractivity contribution in [2.75, 3.05) is 19.6 Å². The van der Waals surface area contributed by atoms with E-state index in [1.165, 1.54) is 5.57 Å². The van der Waals surface area contributed by atoms with Gasteiger partial charge in [0.05, 0.1) is 12.6 Å². The van der Waals surface area contributed by atoms with Crippen molar-refractivity contribution in [3.8, 4) is 6.07 Å². The van der Waals surface area contributed by atoms with E-state index in [9.17, 15) is 0 Å². The Bertz CT molecular complexity index is 173. The summed E-state index contributed by atoms with van der Waals surface area (Å²) in [6.45, 7) is 8.75. The maximum Gasteiger partial charge on any atom is 0.0868 e. The third-order valence-corrected chi connectivity index (χ3v) is 1.59. The quantitative estimate of drug-likeness (QED) is 0.462. The highest BCUT2D eigenvalue weighted by atomic mass is 15.1. The van der Waals surface area contributed by atoms with Gasteiger partial charge in [0.2, 0.25) is 0 Å². The van der Waals surface area contributed by atoms with Gasteiger partial charge < -0.3 is 0 Å². The third-order valence-electron chi connectivity index (χ3n) is 1.59. The highest BCUT2D eigenvalue weighted by molar-refractivity contribution is 4.95. The number of nitriles is 1. The zero-order chi connectivity index (χ0) is 9.40. The zero-order valence-corrected chi connectivity index (χ0v) is 8.30. The third kappa shape index (κ3) is 5.94. The van der Waals surface area contributed by atoms with Crippen molar-refractivity contribution in [2.45, 2.75) is 27.2 Å². The number of hydrogen-bond donors (Lipinski definition) is 0. The normalized spacial score (nSPS) is 9.58. The Balaban J connectivity index is 3.79. The van der Waals surface area contributed by atoms with Crippen molar-refractivity contribution in [3.05, 3.63) is 11.6 Å². The van der Waals surface area contributed by atoms with Crippen LogP contribution in [0.2, 0.25) is 0 Å². The summed E-state index contributed by atoms with van der Waals surface area (Å²) in [6, 6.07) is 2.17. The molecule has 0 aliphatic carbocycles. The molecule has 0 aromatic rings. The molecular formula is C10H18N2. The van der Waals surface area contributed by atoms with E-state index < -0.39 is 0 Å². The molecule has 0 aliphatic rings. The van der Waals surface area contributed by atoms with E-state index in [0.717, 1.165) is 19.5 Å². The second-order valence-corrected chi connectivity index (χ2v) is 3.17. The molecule has 68 valence electrons. The molecule has 0 N–H and O–H groups in total. The van der Waals surface area contributed by atoms with Gasteiger partial charge in [-0.05, 0) is 26.8 Å². The molecule has 0 saturated carbocycles. The van der Waals surface area contributed by atoms with Crippen LogP contribution in [0.3, 0.4) is 0 Å². The molecule has 0 aromatic heterocycles. The van der Waals surface area contributed by atoms with Gasteiger partial charge in [0.15, 0.2) is 0 Å². The van der Waals surface area contributed by atoms with Crippen LogP contribution in [0.5, 0.6) is 0 Å². The zero-order valence-electron chi connectivity index (χ0n) is 8.30. The molecule has 0 heterocycles. The molecule has 0 spiro atoms. The van der Waals surface area contributed by atoms with Gasteiger partial charge in [-0.3, -0.25) is 4.90 Å². The van der Waals surface area contributed by atoms with Crippen molar-refractivity contribution in [3.63, 3.8) is 0 Å². The molecule has 0 radical (unpaired) electrons. The predicted molar refractivity (Wildman–Crippen MR) is 51.8 cm³/mol. The summed E-state index contributed by atoms with van der Waals surface area (Å²) in [7, 11) is 0. The lowest BCUT2D eigenvalue weighted by molar-refractivity contribution is 0.338. The Hall–Kier alpha value is -0.810. The average molecular weight is 166 g/mol. The maximum atomic E-state index is 8.52. The molecule has 0 aromatic carbocycles. The molecule has 0 bridgehead atoms. The van der Waals surface area contributed by atoms with Crippen LogP contribution in [0.1, 0.15) is 27.2 Å². The molecule has 0 rings (SSSR count). The van der Waals surface area contributed by atoms with Crippen molar-refractivity contribution >= 4 is 0 Å². The summed E-state index contributed by atoms with van der Waals surface area (Å²) in [6.07, 6.45) is 3.27. The monoisotopic (exact) mass is 166 g/mol. The molecule has 0 amide bonds. The van der Waals surface area contributed by atoms with E-state index in [4.69, 9.17) is 5.26 Å². The fourth-order valence-corrected chi connectivity index (χ4v) is 0.963. The minimum atomic E-state index is 0.539. The first-order valence-electron chi connectivity index (χ1n) is 4.43. The summed E-state index contributed by atoms with van der Waals surface area (Å²) in [4.78, 5) is 2.15. The van der Waals surface area contributed by atoms with Crippen LogP contribution in [0.25, 0.3) is 0 Å². The average Bonchev–Trinajstić information content (AvgIpc) is 2.01. The van der Waals surface area contributed by atoms with Crippen molar-refractivity contribution in [1.82, 2.24) is 4.90 Å². The first-order chi connectivity index (χ1) is 5.70. The van der Waals surface area contributed by atoms with Crippen molar-refractivity contribution < 1.29 is 0 Å². The molecule has 2 heteroatoms. The largest absolute Gasteiger partial charge is 0.287 e. The molecule has 2 nitrogen and oxygen atoms in total. The van der Waals surface area contributed by atoms with Crippen LogP contribution in [0.15, 0.2) is 11.6 Å². The number of rotatable bonds is 5. The summed E-state index contributed by atoms with van der Waals surface area (Å²) in [5.41, 5.74) is 1.31. The van der Waals surface area contributed by atoms with Crippen molar-refractivity contribution in [2.24, 2.45) is 0 Å². The Kier molecular flexibility index (Phi) is 6.41. The Labute approximate surface area is 75.5 Å². The second kappa shape index (κ2) is 6.87. The maximum absolute atomic E-state index is 8.52. The van der Waals surface area contributed by atoms with Gasteiger partial charge in [0, 0.05) is 6.54 Å². The van der Waals surface area contributed by atoms with Gasteiger partial charge in [-0.25, -0.2) is 0 Å². The SMILES string of the molecule is CCCN(CC#N)CC=C(C)C. The molecule has 0 aliphatic heterocycles. The van der Waals surface area contributed by atoms with Crippen LogP contribution in [0.4, 0.5) is 0 Å². The van der Waals surface area contributed by atoms with Crippen LogP contribution in [0, 0.1) is 11.3 Å². The Morgan fingerprint density at radius 2 is 2.17 bits per heavy atom. The van der Waals surface area contributed by atoms with Crippen LogP contribution in [-0.4, -0.2) is 24.5 Å². The first kappa shape index (κ1) is 11.2. The summed E-state index contributed by atoms with van der Waals surface area (Å²) in [5.74, 6) is 0. The van der Waals surface area contributed by atoms with E-state index >= 15 is 0 Å². The summed E-state index contributed by atoms with van der Waals surface area (Å²) in [5, 5.41) is 8.52. The van der Waals surface area contributed by atoms with Crippen LogP contribution < -0.4 is 0 Å². The standard InChI is InChI=1S/C10H18N2/c1-4-7-12(9-6-11)8-5-10(2)3/h5H,4,7-9H2,1-3H3. The van der Waals surface area contributed by atoms with Crippen LogP contribution in [-0.2, 0) is 0 Å². The lowest BCUT2D eigenvalue weighted by Crippen LogP contribution is -2.25. The number of nitrogens with zero attached hydrogens (tertiary/aromatic N) is 2. The van der Waals surface area contributed by atoms with E-state index in [1.807, 2.05) is 0 Å². The van der Waals surface area contributed by atoms with E-state index in [2.05, 4.69) is 37.8 Å². The lowest BCUT2D eigenvalue weighted by Gasteiger charge is -2.15. The molecule has 0 unspecified atom stereocenters. The predicted octanol–water partition coefficient (Wildman–Crippen LogP) is 2.19. The number of hydrogen-bond acceptors (Lipinski definition) is 2. The van der Waals surface area contributed by atoms with E-state index in [-0.39, 0.29) is 0 Å². The summed E-state index contributed by atoms with van der Waals surface area (Å²) >= 11 is 0. The number of allylic oxidation sites excluding steroid dienone is 1. The minimum absolute atomic E-state index is 0.539. The first-order valence-corrected chi connectivity index (χ1v) is 4.43. The van der Waals surface area contributed by atoms with E-state index in [1.54, 1.807) is 0 Å². The summed E-state index contributed by atoms with van der Waals surface area (Å²) < 4.78 is 0. The molecule has 0 saturated heterocycles. The van der Waals surface area contributed by atoms with Crippen molar-refractivity contribution in [1.29, 1.82) is 5.26 Å². The minimum Gasteiger partial charge on any atom is -0.287 e. The van der Waals surface area contributed by atoms with Gasteiger partial charge in [-0.1, -0.05) is 18.6 Å². The smallest absolute Gasteiger partial charge is 0.0868 e. The Morgan fingerprint density at radius 3 is 2.58 bits per heavy atom. The molecule has 0 fully saturated rings. The Morgan fingerprint density at radius 1 is 1.50 bits per heavy atom. The second-order valence-electron chi connectivity index (χ2n) is 3.17. The molecular weight excluding hydrogens is 148 g/mol. The van der Waals surface area contributed by atoms with E-state index in [0.29, 0.717) is 6.54 Å². The highest BCUT2D eigenvalue weighted by Crippen LogP contribution is 1.94. The van der Waals surface area contributed by atoms with Gasteiger partial charge >= 0.3 is 0 Å². The van der Waals surface area contributed by atoms with Gasteiger partial charge in [0.1, 0.15) is 0 Å². The highest BCUT2D eigenvalue weighted by Gasteiger charge is 1.98. The van der Waals surface area contributed by atoms with Crippen LogP contribution >= 0.6 is 0 Å².